The van der Waals surface area contributed by atoms with E-state index < -0.39 is 7.60 Å². The van der Waals surface area contributed by atoms with E-state index in [9.17, 15) is 9.36 Å². The molecule has 128 valence electrons. The number of carbonyl (C=O) groups excluding carboxylic acids is 1. The fourth-order valence-electron chi connectivity index (χ4n) is 1.98. The number of hydrogen-bond donors (Lipinski definition) is 2. The fraction of sp³-hybridized carbons (Fsp3) is 0.188. The maximum Gasteiger partial charge on any atom is 0.334 e. The molecule has 0 saturated heterocycles. The summed E-state index contributed by atoms with van der Waals surface area (Å²) in [5, 5.41) is 5.75. The van der Waals surface area contributed by atoms with E-state index in [0.29, 0.717) is 22.0 Å². The maximum absolute atomic E-state index is 12.2. The van der Waals surface area contributed by atoms with E-state index >= 15 is 0 Å². The van der Waals surface area contributed by atoms with Crippen LogP contribution in [-0.4, -0.2) is 20.3 Å². The monoisotopic (exact) mass is 368 g/mol. The highest BCUT2D eigenvalue weighted by molar-refractivity contribution is 7.52. The average Bonchev–Trinajstić information content (AvgIpc) is 2.58. The Bertz CT molecular complexity index is 747. The van der Waals surface area contributed by atoms with Crippen molar-refractivity contribution in [1.82, 2.24) is 0 Å². The molecule has 0 unspecified atom stereocenters. The van der Waals surface area contributed by atoms with Crippen molar-refractivity contribution in [2.24, 2.45) is 0 Å². The van der Waals surface area contributed by atoms with E-state index in [-0.39, 0.29) is 12.2 Å². The van der Waals surface area contributed by atoms with Crippen LogP contribution in [0.25, 0.3) is 0 Å². The highest BCUT2D eigenvalue weighted by atomic mass is 35.5. The third-order valence-electron chi connectivity index (χ3n) is 3.26. The second-order valence-electron chi connectivity index (χ2n) is 4.89. The topological polar surface area (TPSA) is 76.7 Å². The Kier molecular flexibility index (Phi) is 6.40. The zero-order valence-corrected chi connectivity index (χ0v) is 14.9. The molecular formula is C16H18ClN2O4P. The molecule has 0 atom stereocenters. The average molecular weight is 369 g/mol. The van der Waals surface area contributed by atoms with Gasteiger partial charge < -0.3 is 19.7 Å². The molecule has 0 fully saturated rings. The lowest BCUT2D eigenvalue weighted by atomic mass is 10.2. The lowest BCUT2D eigenvalue weighted by molar-refractivity contribution is 0.262. The van der Waals surface area contributed by atoms with Crippen molar-refractivity contribution in [2.45, 2.75) is 6.16 Å². The molecule has 2 aromatic carbocycles. The van der Waals surface area contributed by atoms with Gasteiger partial charge in [-0.15, -0.1) is 0 Å². The molecule has 0 radical (unpaired) electrons. The van der Waals surface area contributed by atoms with Gasteiger partial charge in [0, 0.05) is 30.6 Å². The highest BCUT2D eigenvalue weighted by Gasteiger charge is 2.23. The lowest BCUT2D eigenvalue weighted by Crippen LogP contribution is -2.19. The first-order valence-electron chi connectivity index (χ1n) is 7.08. The quantitative estimate of drug-likeness (QED) is 0.706. The Morgan fingerprint density at radius 2 is 1.67 bits per heavy atom. The summed E-state index contributed by atoms with van der Waals surface area (Å²) in [5.74, 6) is 0. The molecule has 0 aliphatic heterocycles. The predicted molar refractivity (Wildman–Crippen MR) is 95.9 cm³/mol. The van der Waals surface area contributed by atoms with Gasteiger partial charge in [0.25, 0.3) is 0 Å². The van der Waals surface area contributed by atoms with E-state index in [0.717, 1.165) is 0 Å². The van der Waals surface area contributed by atoms with Crippen molar-refractivity contribution < 1.29 is 18.4 Å². The molecule has 2 rings (SSSR count). The normalized spacial score (nSPS) is 11.1. The zero-order valence-electron chi connectivity index (χ0n) is 13.3. The number of nitrogens with one attached hydrogen (secondary N) is 2. The molecule has 2 N–H and O–H groups in total. The maximum atomic E-state index is 12.2. The van der Waals surface area contributed by atoms with Crippen LogP contribution in [0.15, 0.2) is 48.5 Å². The second-order valence-corrected chi connectivity index (χ2v) is 7.56. The molecule has 0 heterocycles. The summed E-state index contributed by atoms with van der Waals surface area (Å²) in [6.07, 6.45) is 0.0509. The molecule has 0 aliphatic carbocycles. The van der Waals surface area contributed by atoms with Crippen LogP contribution in [0.1, 0.15) is 5.56 Å². The third-order valence-corrected chi connectivity index (χ3v) is 5.46. The van der Waals surface area contributed by atoms with Gasteiger partial charge in [-0.2, -0.15) is 0 Å². The van der Waals surface area contributed by atoms with Crippen LogP contribution in [-0.2, 0) is 19.8 Å². The number of halogens is 1. The number of rotatable bonds is 6. The Hall–Kier alpha value is -1.85. The Morgan fingerprint density at radius 3 is 2.25 bits per heavy atom. The number of para-hydroxylation sites is 1. The van der Waals surface area contributed by atoms with Gasteiger partial charge in [0.1, 0.15) is 0 Å². The molecule has 6 nitrogen and oxygen atoms in total. The molecule has 8 heteroatoms. The summed E-state index contributed by atoms with van der Waals surface area (Å²) in [5.41, 5.74) is 1.80. The van der Waals surface area contributed by atoms with E-state index in [2.05, 4.69) is 10.6 Å². The number of amides is 2. The molecule has 0 saturated carbocycles. The Morgan fingerprint density at radius 1 is 1.04 bits per heavy atom. The predicted octanol–water partition coefficient (Wildman–Crippen LogP) is 4.97. The SMILES string of the molecule is COP(=O)(Cc1ccc(NC(=O)Nc2ccccc2)cc1Cl)OC. The van der Waals surface area contributed by atoms with E-state index in [1.807, 2.05) is 18.2 Å². The van der Waals surface area contributed by atoms with Gasteiger partial charge in [0.05, 0.1) is 6.16 Å². The molecule has 2 amide bonds. The summed E-state index contributed by atoms with van der Waals surface area (Å²) >= 11 is 6.19. The molecule has 0 bridgehead atoms. The number of urea groups is 1. The molecule has 2 aromatic rings. The number of benzene rings is 2. The van der Waals surface area contributed by atoms with Crippen LogP contribution in [0.4, 0.5) is 16.2 Å². The van der Waals surface area contributed by atoms with Gasteiger partial charge >= 0.3 is 13.6 Å². The van der Waals surface area contributed by atoms with E-state index in [1.54, 1.807) is 30.3 Å². The molecule has 0 aliphatic rings. The Labute approximate surface area is 145 Å². The largest absolute Gasteiger partial charge is 0.334 e. The first-order chi connectivity index (χ1) is 11.5. The minimum Gasteiger partial charge on any atom is -0.312 e. The molecule has 24 heavy (non-hydrogen) atoms. The number of anilines is 2. The highest BCUT2D eigenvalue weighted by Crippen LogP contribution is 2.50. The lowest BCUT2D eigenvalue weighted by Gasteiger charge is -2.15. The standard InChI is InChI=1S/C16H18ClN2O4P/c1-22-24(21,23-2)11-12-8-9-14(10-15(12)17)19-16(20)18-13-6-4-3-5-7-13/h3-10H,11H2,1-2H3,(H2,18,19,20). The second kappa shape index (κ2) is 8.31. The van der Waals surface area contributed by atoms with Crippen LogP contribution < -0.4 is 10.6 Å². The third kappa shape index (κ3) is 5.08. The minimum atomic E-state index is -3.20. The summed E-state index contributed by atoms with van der Waals surface area (Å²) in [4.78, 5) is 11.9. The van der Waals surface area contributed by atoms with Crippen molar-refractivity contribution >= 4 is 36.6 Å². The van der Waals surface area contributed by atoms with Crippen molar-refractivity contribution in [2.75, 3.05) is 24.9 Å². The van der Waals surface area contributed by atoms with Gasteiger partial charge in [-0.3, -0.25) is 4.57 Å². The smallest absolute Gasteiger partial charge is 0.312 e. The number of hydrogen-bond acceptors (Lipinski definition) is 4. The van der Waals surface area contributed by atoms with Gasteiger partial charge in [0.2, 0.25) is 0 Å². The van der Waals surface area contributed by atoms with Gasteiger partial charge in [-0.25, -0.2) is 4.79 Å². The van der Waals surface area contributed by atoms with Crippen molar-refractivity contribution in [1.29, 1.82) is 0 Å². The van der Waals surface area contributed by atoms with Crippen molar-refractivity contribution in [3.05, 3.63) is 59.1 Å². The molecular weight excluding hydrogens is 351 g/mol. The fourth-order valence-corrected chi connectivity index (χ4v) is 3.42. The first kappa shape index (κ1) is 18.5. The van der Waals surface area contributed by atoms with Crippen LogP contribution in [0.3, 0.4) is 0 Å². The van der Waals surface area contributed by atoms with E-state index in [1.165, 1.54) is 14.2 Å². The minimum absolute atomic E-state index is 0.0509. The first-order valence-corrected chi connectivity index (χ1v) is 9.18. The number of carbonyl (C=O) groups is 1. The van der Waals surface area contributed by atoms with Crippen LogP contribution in [0.5, 0.6) is 0 Å². The van der Waals surface area contributed by atoms with E-state index in [4.69, 9.17) is 20.6 Å². The van der Waals surface area contributed by atoms with Crippen LogP contribution in [0.2, 0.25) is 5.02 Å². The van der Waals surface area contributed by atoms with Crippen molar-refractivity contribution in [3.63, 3.8) is 0 Å². The molecule has 0 spiro atoms. The van der Waals surface area contributed by atoms with Crippen molar-refractivity contribution in [3.8, 4) is 0 Å². The summed E-state index contributed by atoms with van der Waals surface area (Å²) in [6, 6.07) is 13.6. The van der Waals surface area contributed by atoms with Gasteiger partial charge in [-0.05, 0) is 29.8 Å². The molecule has 0 aromatic heterocycles. The summed E-state index contributed by atoms with van der Waals surface area (Å²) in [6.45, 7) is 0. The van der Waals surface area contributed by atoms with Crippen LogP contribution in [0, 0.1) is 0 Å². The van der Waals surface area contributed by atoms with Gasteiger partial charge in [0.15, 0.2) is 0 Å². The summed E-state index contributed by atoms with van der Waals surface area (Å²) < 4.78 is 22.0. The summed E-state index contributed by atoms with van der Waals surface area (Å²) in [7, 11) is -0.560. The Balaban J connectivity index is 2.04. The van der Waals surface area contributed by atoms with Gasteiger partial charge in [-0.1, -0.05) is 35.9 Å². The zero-order chi connectivity index (χ0) is 17.6. The van der Waals surface area contributed by atoms with Crippen LogP contribution >= 0.6 is 19.2 Å².